The van der Waals surface area contributed by atoms with Crippen LogP contribution >= 0.6 is 11.6 Å². The SMILES string of the molecule is O=C(OCc1c(Cl)cccc1[N+](=O)[O-])c1ccccc1. The molecule has 0 saturated carbocycles. The van der Waals surface area contributed by atoms with Crippen molar-refractivity contribution in [2.75, 3.05) is 0 Å². The van der Waals surface area contributed by atoms with Crippen molar-refractivity contribution in [2.45, 2.75) is 6.61 Å². The monoisotopic (exact) mass is 291 g/mol. The van der Waals surface area contributed by atoms with Crippen LogP contribution in [0.3, 0.4) is 0 Å². The molecule has 2 aromatic rings. The van der Waals surface area contributed by atoms with Gasteiger partial charge in [0.05, 0.1) is 21.1 Å². The minimum atomic E-state index is -0.558. The summed E-state index contributed by atoms with van der Waals surface area (Å²) in [4.78, 5) is 22.1. The van der Waals surface area contributed by atoms with E-state index in [1.807, 2.05) is 0 Å². The van der Waals surface area contributed by atoms with Gasteiger partial charge in [-0.2, -0.15) is 0 Å². The average Bonchev–Trinajstić information content (AvgIpc) is 2.46. The third-order valence-electron chi connectivity index (χ3n) is 2.65. The molecule has 0 N–H and O–H groups in total. The van der Waals surface area contributed by atoms with E-state index in [1.165, 1.54) is 18.2 Å². The highest BCUT2D eigenvalue weighted by Gasteiger charge is 2.18. The third kappa shape index (κ3) is 3.13. The van der Waals surface area contributed by atoms with Gasteiger partial charge in [-0.1, -0.05) is 35.9 Å². The normalized spacial score (nSPS) is 10.1. The summed E-state index contributed by atoms with van der Waals surface area (Å²) in [6.45, 7) is -0.246. The van der Waals surface area contributed by atoms with E-state index in [0.29, 0.717) is 5.56 Å². The van der Waals surface area contributed by atoms with Gasteiger partial charge in [0.25, 0.3) is 5.69 Å². The Kier molecular flexibility index (Phi) is 4.32. The van der Waals surface area contributed by atoms with Crippen LogP contribution in [-0.2, 0) is 11.3 Å². The van der Waals surface area contributed by atoms with Crippen LogP contribution in [0.2, 0.25) is 5.02 Å². The molecule has 0 spiro atoms. The van der Waals surface area contributed by atoms with Crippen LogP contribution < -0.4 is 0 Å². The lowest BCUT2D eigenvalue weighted by molar-refractivity contribution is -0.385. The second kappa shape index (κ2) is 6.16. The second-order valence-electron chi connectivity index (χ2n) is 3.94. The lowest BCUT2D eigenvalue weighted by atomic mass is 10.2. The standard InChI is InChI=1S/C14H10ClNO4/c15-12-7-4-8-13(16(18)19)11(12)9-20-14(17)10-5-2-1-3-6-10/h1-8H,9H2. The maximum absolute atomic E-state index is 11.8. The Bertz CT molecular complexity index is 643. The van der Waals surface area contributed by atoms with E-state index in [1.54, 1.807) is 30.3 Å². The van der Waals surface area contributed by atoms with Gasteiger partial charge in [-0.05, 0) is 18.2 Å². The molecule has 102 valence electrons. The highest BCUT2D eigenvalue weighted by molar-refractivity contribution is 6.31. The highest BCUT2D eigenvalue weighted by Crippen LogP contribution is 2.27. The van der Waals surface area contributed by atoms with Gasteiger partial charge in [-0.3, -0.25) is 10.1 Å². The summed E-state index contributed by atoms with van der Waals surface area (Å²) >= 11 is 5.91. The fourth-order valence-corrected chi connectivity index (χ4v) is 1.88. The molecular formula is C14H10ClNO4. The zero-order valence-electron chi connectivity index (χ0n) is 10.3. The van der Waals surface area contributed by atoms with Crippen LogP contribution in [-0.4, -0.2) is 10.9 Å². The second-order valence-corrected chi connectivity index (χ2v) is 4.34. The smallest absolute Gasteiger partial charge is 0.338 e. The summed E-state index contributed by atoms with van der Waals surface area (Å²) < 4.78 is 5.06. The highest BCUT2D eigenvalue weighted by atomic mass is 35.5. The molecule has 0 saturated heterocycles. The summed E-state index contributed by atoms with van der Waals surface area (Å²) in [6.07, 6.45) is 0. The molecule has 2 aromatic carbocycles. The van der Waals surface area contributed by atoms with Gasteiger partial charge in [-0.15, -0.1) is 0 Å². The van der Waals surface area contributed by atoms with Crippen LogP contribution in [0, 0.1) is 10.1 Å². The number of benzene rings is 2. The van der Waals surface area contributed by atoms with Crippen molar-refractivity contribution in [3.05, 3.63) is 74.8 Å². The van der Waals surface area contributed by atoms with Crippen molar-refractivity contribution in [3.63, 3.8) is 0 Å². The number of carbonyl (C=O) groups excluding carboxylic acids is 1. The molecule has 0 aromatic heterocycles. The van der Waals surface area contributed by atoms with Crippen LogP contribution in [0.15, 0.2) is 48.5 Å². The zero-order valence-corrected chi connectivity index (χ0v) is 11.0. The fourth-order valence-electron chi connectivity index (χ4n) is 1.66. The molecule has 0 aliphatic carbocycles. The summed E-state index contributed by atoms with van der Waals surface area (Å²) in [6, 6.07) is 12.7. The summed E-state index contributed by atoms with van der Waals surface area (Å²) in [7, 11) is 0. The average molecular weight is 292 g/mol. The first kappa shape index (κ1) is 14.0. The van der Waals surface area contributed by atoms with Gasteiger partial charge in [0.15, 0.2) is 0 Å². The Morgan fingerprint density at radius 1 is 1.15 bits per heavy atom. The van der Waals surface area contributed by atoms with Crippen molar-refractivity contribution >= 4 is 23.3 Å². The summed E-state index contributed by atoms with van der Waals surface area (Å²) in [5.74, 6) is -0.556. The van der Waals surface area contributed by atoms with Gasteiger partial charge in [0.2, 0.25) is 0 Å². The van der Waals surface area contributed by atoms with Gasteiger partial charge in [0, 0.05) is 6.07 Å². The predicted molar refractivity (Wildman–Crippen MR) is 73.7 cm³/mol. The van der Waals surface area contributed by atoms with Crippen LogP contribution in [0.1, 0.15) is 15.9 Å². The number of nitro groups is 1. The van der Waals surface area contributed by atoms with Gasteiger partial charge in [0.1, 0.15) is 6.61 Å². The Balaban J connectivity index is 2.16. The molecule has 0 aliphatic heterocycles. The number of nitro benzene ring substituents is 1. The van der Waals surface area contributed by atoms with Crippen molar-refractivity contribution in [2.24, 2.45) is 0 Å². The molecule has 5 nitrogen and oxygen atoms in total. The van der Waals surface area contributed by atoms with Crippen molar-refractivity contribution in [1.29, 1.82) is 0 Å². The summed E-state index contributed by atoms with van der Waals surface area (Å²) in [5.41, 5.74) is 0.393. The Morgan fingerprint density at radius 3 is 2.50 bits per heavy atom. The first-order valence-electron chi connectivity index (χ1n) is 5.73. The number of hydrogen-bond acceptors (Lipinski definition) is 4. The van der Waals surface area contributed by atoms with Crippen LogP contribution in [0.25, 0.3) is 0 Å². The molecule has 0 fully saturated rings. The maximum Gasteiger partial charge on any atom is 0.338 e. The minimum Gasteiger partial charge on any atom is -0.457 e. The third-order valence-corrected chi connectivity index (χ3v) is 3.00. The predicted octanol–water partition coefficient (Wildman–Crippen LogP) is 3.61. The molecule has 6 heteroatoms. The first-order chi connectivity index (χ1) is 9.59. The zero-order chi connectivity index (χ0) is 14.5. The van der Waals surface area contributed by atoms with E-state index in [4.69, 9.17) is 16.3 Å². The number of nitrogens with zero attached hydrogens (tertiary/aromatic N) is 1. The molecule has 0 atom stereocenters. The Morgan fingerprint density at radius 2 is 1.85 bits per heavy atom. The van der Waals surface area contributed by atoms with E-state index in [2.05, 4.69) is 0 Å². The first-order valence-corrected chi connectivity index (χ1v) is 6.11. The van der Waals surface area contributed by atoms with Crippen LogP contribution in [0.5, 0.6) is 0 Å². The lowest BCUT2D eigenvalue weighted by Crippen LogP contribution is -2.06. The molecule has 0 aliphatic rings. The molecular weight excluding hydrogens is 282 g/mol. The van der Waals surface area contributed by atoms with Crippen molar-refractivity contribution in [1.82, 2.24) is 0 Å². The van der Waals surface area contributed by atoms with Gasteiger partial charge < -0.3 is 4.74 Å². The molecule has 0 amide bonds. The van der Waals surface area contributed by atoms with E-state index >= 15 is 0 Å². The largest absolute Gasteiger partial charge is 0.457 e. The van der Waals surface area contributed by atoms with Crippen LogP contribution in [0.4, 0.5) is 5.69 Å². The summed E-state index contributed by atoms with van der Waals surface area (Å²) in [5, 5.41) is 11.1. The molecule has 2 rings (SSSR count). The van der Waals surface area contributed by atoms with Gasteiger partial charge >= 0.3 is 5.97 Å². The number of esters is 1. The molecule has 20 heavy (non-hydrogen) atoms. The number of carbonyl (C=O) groups is 1. The maximum atomic E-state index is 11.8. The van der Waals surface area contributed by atoms with E-state index in [9.17, 15) is 14.9 Å². The fraction of sp³-hybridized carbons (Fsp3) is 0.0714. The lowest BCUT2D eigenvalue weighted by Gasteiger charge is -2.07. The van der Waals surface area contributed by atoms with E-state index in [-0.39, 0.29) is 22.9 Å². The number of ether oxygens (including phenoxy) is 1. The quantitative estimate of drug-likeness (QED) is 0.490. The molecule has 0 unspecified atom stereocenters. The van der Waals surface area contributed by atoms with Crippen molar-refractivity contribution < 1.29 is 14.5 Å². The topological polar surface area (TPSA) is 69.4 Å². The Hall–Kier alpha value is -2.40. The minimum absolute atomic E-state index is 0.168. The molecule has 0 radical (unpaired) electrons. The van der Waals surface area contributed by atoms with E-state index in [0.717, 1.165) is 0 Å². The number of halogens is 1. The van der Waals surface area contributed by atoms with Gasteiger partial charge in [-0.25, -0.2) is 4.79 Å². The van der Waals surface area contributed by atoms with E-state index < -0.39 is 10.9 Å². The number of rotatable bonds is 4. The number of hydrogen-bond donors (Lipinski definition) is 0. The Labute approximate surface area is 119 Å². The molecule has 0 bridgehead atoms. The molecule has 0 heterocycles. The van der Waals surface area contributed by atoms with Crippen molar-refractivity contribution in [3.8, 4) is 0 Å².